The van der Waals surface area contributed by atoms with E-state index in [0.717, 1.165) is 79.1 Å². The molecule has 9 aromatic rings. The Morgan fingerprint density at radius 1 is 0.704 bits per heavy atom. The molecule has 0 fully saturated rings. The van der Waals surface area contributed by atoms with Gasteiger partial charge in [-0.25, -0.2) is 0 Å². The van der Waals surface area contributed by atoms with Gasteiger partial charge in [0, 0.05) is 54.8 Å². The van der Waals surface area contributed by atoms with Crippen molar-refractivity contribution in [1.29, 1.82) is 0 Å². The molecule has 0 aliphatic heterocycles. The average Bonchev–Trinajstić information content (AvgIpc) is 3.73. The summed E-state index contributed by atoms with van der Waals surface area (Å²) in [6.45, 7) is 3.94. The maximum absolute atomic E-state index is 6.29. The molecule has 5 heterocycles. The zero-order valence-electron chi connectivity index (χ0n) is 30.9. The van der Waals surface area contributed by atoms with E-state index in [1.54, 1.807) is 0 Å². The predicted molar refractivity (Wildman–Crippen MR) is 218 cm³/mol. The van der Waals surface area contributed by atoms with E-state index in [2.05, 4.69) is 105 Å². The molecule has 1 radical (unpaired) electrons. The minimum atomic E-state index is -1.96. The Bertz CT molecular complexity index is 2700. The molecule has 5 aromatic heterocycles. The fourth-order valence-electron chi connectivity index (χ4n) is 6.82. The van der Waals surface area contributed by atoms with Crippen LogP contribution in [0.5, 0.6) is 0 Å². The Kier molecular flexibility index (Phi) is 10.8. The number of pyridine rings is 3. The molecular formula is C46H39GeIrN5O-2. The number of aromatic nitrogens is 5. The summed E-state index contributed by atoms with van der Waals surface area (Å²) in [7, 11) is 0. The van der Waals surface area contributed by atoms with Crippen LogP contribution >= 0.6 is 0 Å². The number of rotatable bonds is 6. The summed E-state index contributed by atoms with van der Waals surface area (Å²) in [5.41, 5.74) is 12.0. The predicted octanol–water partition coefficient (Wildman–Crippen LogP) is 10.5. The summed E-state index contributed by atoms with van der Waals surface area (Å²) in [5.74, 6) is 8.07. The van der Waals surface area contributed by atoms with E-state index in [9.17, 15) is 0 Å². The maximum atomic E-state index is 6.29. The molecule has 54 heavy (non-hydrogen) atoms. The molecule has 0 spiro atoms. The zero-order valence-corrected chi connectivity index (χ0v) is 35.4. The number of furan rings is 1. The Balaban J connectivity index is 0.000000170. The first-order valence-corrected chi connectivity index (χ1v) is 25.2. The quantitative estimate of drug-likeness (QED) is 0.123. The maximum Gasteiger partial charge on any atom is 0 e. The van der Waals surface area contributed by atoms with Gasteiger partial charge in [0.25, 0.3) is 0 Å². The molecule has 0 N–H and O–H groups in total. The summed E-state index contributed by atoms with van der Waals surface area (Å²) in [5, 5.41) is 2.00. The van der Waals surface area contributed by atoms with Crippen LogP contribution in [0.3, 0.4) is 0 Å². The zero-order chi connectivity index (χ0) is 36.5. The third-order valence-corrected chi connectivity index (χ3v) is 13.7. The number of hydrogen-bond acceptors (Lipinski definition) is 5. The SMILES string of the molecule is Cc1cc2nc(-c3[c-]ccc4c3oc3cc(C)ncc34)n(-c3ccccc3)c2cn1.[CH3][Ge]([CH3])([CH3])[c]1cnc(-c2[c-]cccc2)cc1Cc1ccccc1.[Ir]. The van der Waals surface area contributed by atoms with Crippen molar-refractivity contribution < 1.29 is 24.5 Å². The number of hydrogen-bond donors (Lipinski definition) is 0. The summed E-state index contributed by atoms with van der Waals surface area (Å²) in [4.78, 5) is 18.7. The molecule has 269 valence electrons. The van der Waals surface area contributed by atoms with Gasteiger partial charge in [0.15, 0.2) is 0 Å². The number of fused-ring (bicyclic) bond motifs is 4. The smallest absolute Gasteiger partial charge is 0 e. The molecule has 8 heteroatoms. The van der Waals surface area contributed by atoms with E-state index in [4.69, 9.17) is 14.4 Å². The molecule has 4 aromatic carbocycles. The molecule has 9 rings (SSSR count). The van der Waals surface area contributed by atoms with Crippen molar-refractivity contribution in [3.05, 3.63) is 168 Å². The fraction of sp³-hybridized carbons (Fsp3) is 0.130. The van der Waals surface area contributed by atoms with E-state index < -0.39 is 13.3 Å². The Morgan fingerprint density at radius 2 is 1.43 bits per heavy atom. The third kappa shape index (κ3) is 7.58. The second-order valence-corrected chi connectivity index (χ2v) is 24.9. The van der Waals surface area contributed by atoms with Crippen LogP contribution in [0.15, 0.2) is 138 Å². The van der Waals surface area contributed by atoms with Crippen molar-refractivity contribution in [3.63, 3.8) is 0 Å². The van der Waals surface area contributed by atoms with Crippen LogP contribution in [0.2, 0.25) is 17.3 Å². The van der Waals surface area contributed by atoms with Crippen molar-refractivity contribution in [2.45, 2.75) is 37.5 Å². The summed E-state index contributed by atoms with van der Waals surface area (Å²) in [6.07, 6.45) is 6.84. The van der Waals surface area contributed by atoms with Gasteiger partial charge in [-0.2, -0.15) is 0 Å². The average molecular weight is 943 g/mol. The van der Waals surface area contributed by atoms with Crippen molar-refractivity contribution in [2.24, 2.45) is 0 Å². The van der Waals surface area contributed by atoms with E-state index in [1.165, 1.54) is 15.5 Å². The Morgan fingerprint density at radius 3 is 2.17 bits per heavy atom. The van der Waals surface area contributed by atoms with Gasteiger partial charge in [-0.3, -0.25) is 15.0 Å². The molecule has 0 unspecified atom stereocenters. The third-order valence-electron chi connectivity index (χ3n) is 9.39. The van der Waals surface area contributed by atoms with Crippen LogP contribution in [0.25, 0.3) is 61.3 Å². The number of aryl methyl sites for hydroxylation is 2. The molecule has 6 nitrogen and oxygen atoms in total. The first-order chi connectivity index (χ1) is 25.7. The van der Waals surface area contributed by atoms with Gasteiger partial charge in [-0.15, -0.1) is 18.2 Å². The van der Waals surface area contributed by atoms with Gasteiger partial charge >= 0.3 is 142 Å². The van der Waals surface area contributed by atoms with Crippen LogP contribution in [0, 0.1) is 26.0 Å². The number of para-hydroxylation sites is 1. The summed E-state index contributed by atoms with van der Waals surface area (Å²) < 4.78 is 9.90. The number of imidazole rings is 1. The van der Waals surface area contributed by atoms with Crippen LogP contribution in [0.1, 0.15) is 22.5 Å². The van der Waals surface area contributed by atoms with Crippen molar-refractivity contribution >= 4 is 50.6 Å². The molecule has 0 saturated carbocycles. The van der Waals surface area contributed by atoms with Gasteiger partial charge in [0.05, 0.1) is 28.6 Å². The van der Waals surface area contributed by atoms with E-state index in [1.807, 2.05) is 86.9 Å². The molecule has 0 aliphatic carbocycles. The van der Waals surface area contributed by atoms with E-state index in [0.29, 0.717) is 0 Å². The minimum absolute atomic E-state index is 0. The first-order valence-electron chi connectivity index (χ1n) is 17.8. The molecular weight excluding hydrogens is 903 g/mol. The second-order valence-electron chi connectivity index (χ2n) is 14.4. The van der Waals surface area contributed by atoms with Crippen molar-refractivity contribution in [3.8, 4) is 28.3 Å². The molecule has 0 aliphatic rings. The molecule has 0 saturated heterocycles. The van der Waals surface area contributed by atoms with Crippen molar-refractivity contribution in [1.82, 2.24) is 24.5 Å². The van der Waals surface area contributed by atoms with Crippen LogP contribution in [0.4, 0.5) is 0 Å². The summed E-state index contributed by atoms with van der Waals surface area (Å²) in [6, 6.07) is 45.8. The van der Waals surface area contributed by atoms with Gasteiger partial charge in [0.1, 0.15) is 5.58 Å². The van der Waals surface area contributed by atoms with Gasteiger partial charge in [-0.05, 0) is 32.0 Å². The van der Waals surface area contributed by atoms with E-state index in [-0.39, 0.29) is 20.1 Å². The molecule has 0 amide bonds. The normalized spacial score (nSPS) is 11.4. The molecule has 0 bridgehead atoms. The number of benzene rings is 4. The van der Waals surface area contributed by atoms with Gasteiger partial charge < -0.3 is 8.98 Å². The Hall–Kier alpha value is -5.21. The van der Waals surface area contributed by atoms with Crippen LogP contribution in [-0.2, 0) is 26.5 Å². The first kappa shape index (κ1) is 37.1. The van der Waals surface area contributed by atoms with Crippen LogP contribution in [-0.4, -0.2) is 37.8 Å². The Labute approximate surface area is 332 Å². The van der Waals surface area contributed by atoms with Crippen LogP contribution < -0.4 is 4.40 Å². The summed E-state index contributed by atoms with van der Waals surface area (Å²) >= 11 is -1.96. The topological polar surface area (TPSA) is 69.6 Å². The standard InChI is InChI=1S/C25H17N4O.C21H22GeN.Ir/c1-15-11-21-22(14-27-15)29(17-7-4-3-5-8-17)25(28-21)19-10-6-9-18-20-13-26-16(2)12-23(20)30-24(18)19;1-22(2,3)20-16-23-21(18-12-8-5-9-13-18)15-19(20)14-17-10-6-4-7-11-17;/h3-9,11-14H,1-2H3;4-12,15-16H,14H2,1-3H3;/q2*-1;. The number of nitrogens with zero attached hydrogens (tertiary/aromatic N) is 5. The minimum Gasteiger partial charge on any atom is 0 e. The molecule has 0 atom stereocenters. The van der Waals surface area contributed by atoms with Gasteiger partial charge in [-0.1, -0.05) is 29.1 Å². The largest absolute Gasteiger partial charge is 0 e. The fourth-order valence-corrected chi connectivity index (χ4v) is 10.1. The second kappa shape index (κ2) is 15.6. The van der Waals surface area contributed by atoms with E-state index >= 15 is 0 Å². The van der Waals surface area contributed by atoms with Gasteiger partial charge in [0.2, 0.25) is 0 Å². The van der Waals surface area contributed by atoms with Crippen molar-refractivity contribution in [2.75, 3.05) is 0 Å². The monoisotopic (exact) mass is 944 g/mol.